The van der Waals surface area contributed by atoms with Gasteiger partial charge in [-0.3, -0.25) is 4.68 Å². The van der Waals surface area contributed by atoms with Gasteiger partial charge in [0.2, 0.25) is 0 Å². The van der Waals surface area contributed by atoms with E-state index in [1.165, 1.54) is 0 Å². The van der Waals surface area contributed by atoms with Crippen LogP contribution in [0.1, 0.15) is 33.6 Å². The van der Waals surface area contributed by atoms with Gasteiger partial charge in [0.25, 0.3) is 0 Å². The Hall–Kier alpha value is -0.990. The SMILES string of the molecule is CCC(CC)Nc1cnn(CC)c1. The zero-order chi connectivity index (χ0) is 9.68. The van der Waals surface area contributed by atoms with Crippen LogP contribution in [-0.2, 0) is 6.54 Å². The number of hydrogen-bond acceptors (Lipinski definition) is 2. The monoisotopic (exact) mass is 181 g/mol. The van der Waals surface area contributed by atoms with Crippen molar-refractivity contribution < 1.29 is 0 Å². The molecule has 3 heteroatoms. The van der Waals surface area contributed by atoms with Crippen molar-refractivity contribution in [3.8, 4) is 0 Å². The number of hydrogen-bond donors (Lipinski definition) is 1. The summed E-state index contributed by atoms with van der Waals surface area (Å²) in [7, 11) is 0. The molecule has 0 atom stereocenters. The molecule has 0 amide bonds. The number of nitrogens with one attached hydrogen (secondary N) is 1. The standard InChI is InChI=1S/C10H19N3/c1-4-9(5-2)12-10-7-11-13(6-3)8-10/h7-9,12H,4-6H2,1-3H3. The lowest BCUT2D eigenvalue weighted by Crippen LogP contribution is -2.16. The van der Waals surface area contributed by atoms with Gasteiger partial charge in [-0.2, -0.15) is 5.10 Å². The molecular formula is C10H19N3. The van der Waals surface area contributed by atoms with E-state index in [1.54, 1.807) is 0 Å². The molecule has 1 aromatic rings. The zero-order valence-corrected chi connectivity index (χ0v) is 8.75. The Morgan fingerprint density at radius 1 is 1.38 bits per heavy atom. The van der Waals surface area contributed by atoms with Crippen LogP contribution in [0.3, 0.4) is 0 Å². The molecule has 1 N–H and O–H groups in total. The van der Waals surface area contributed by atoms with Gasteiger partial charge in [0.05, 0.1) is 11.9 Å². The fraction of sp³-hybridized carbons (Fsp3) is 0.700. The summed E-state index contributed by atoms with van der Waals surface area (Å²) in [6.45, 7) is 7.43. The van der Waals surface area contributed by atoms with E-state index in [9.17, 15) is 0 Å². The Balaban J connectivity index is 2.52. The van der Waals surface area contributed by atoms with Gasteiger partial charge in [0, 0.05) is 18.8 Å². The van der Waals surface area contributed by atoms with Crippen molar-refractivity contribution in [3.63, 3.8) is 0 Å². The molecule has 0 aliphatic carbocycles. The lowest BCUT2D eigenvalue weighted by Gasteiger charge is -2.13. The van der Waals surface area contributed by atoms with E-state index in [0.717, 1.165) is 25.1 Å². The second kappa shape index (κ2) is 4.90. The van der Waals surface area contributed by atoms with Gasteiger partial charge in [-0.1, -0.05) is 13.8 Å². The predicted molar refractivity (Wildman–Crippen MR) is 55.9 cm³/mol. The molecule has 0 saturated heterocycles. The first-order valence-corrected chi connectivity index (χ1v) is 5.09. The summed E-state index contributed by atoms with van der Waals surface area (Å²) in [5, 5.41) is 7.66. The molecule has 0 aromatic carbocycles. The number of anilines is 1. The van der Waals surface area contributed by atoms with E-state index in [1.807, 2.05) is 10.9 Å². The molecule has 74 valence electrons. The molecular weight excluding hydrogens is 162 g/mol. The summed E-state index contributed by atoms with van der Waals surface area (Å²) >= 11 is 0. The van der Waals surface area contributed by atoms with Gasteiger partial charge in [-0.25, -0.2) is 0 Å². The summed E-state index contributed by atoms with van der Waals surface area (Å²) < 4.78 is 1.94. The van der Waals surface area contributed by atoms with E-state index < -0.39 is 0 Å². The Morgan fingerprint density at radius 3 is 2.54 bits per heavy atom. The lowest BCUT2D eigenvalue weighted by atomic mass is 10.2. The minimum absolute atomic E-state index is 0.578. The van der Waals surface area contributed by atoms with E-state index in [4.69, 9.17) is 0 Å². The fourth-order valence-electron chi connectivity index (χ4n) is 1.34. The predicted octanol–water partition coefficient (Wildman–Crippen LogP) is 2.50. The van der Waals surface area contributed by atoms with Crippen molar-refractivity contribution in [2.75, 3.05) is 5.32 Å². The van der Waals surface area contributed by atoms with Gasteiger partial charge in [-0.15, -0.1) is 0 Å². The highest BCUT2D eigenvalue weighted by Crippen LogP contribution is 2.10. The Bertz CT molecular complexity index is 238. The van der Waals surface area contributed by atoms with Crippen molar-refractivity contribution in [1.82, 2.24) is 9.78 Å². The van der Waals surface area contributed by atoms with E-state index in [-0.39, 0.29) is 0 Å². The summed E-state index contributed by atoms with van der Waals surface area (Å²) in [6, 6.07) is 0.578. The smallest absolute Gasteiger partial charge is 0.0728 e. The Kier molecular flexibility index (Phi) is 3.80. The van der Waals surface area contributed by atoms with E-state index >= 15 is 0 Å². The second-order valence-corrected chi connectivity index (χ2v) is 3.24. The van der Waals surface area contributed by atoms with Gasteiger partial charge in [0.15, 0.2) is 0 Å². The number of nitrogens with zero attached hydrogens (tertiary/aromatic N) is 2. The van der Waals surface area contributed by atoms with E-state index in [2.05, 4.69) is 37.4 Å². The third-order valence-corrected chi connectivity index (χ3v) is 2.31. The maximum absolute atomic E-state index is 4.21. The van der Waals surface area contributed by atoms with Crippen LogP contribution >= 0.6 is 0 Å². The molecule has 1 rings (SSSR count). The first-order valence-electron chi connectivity index (χ1n) is 5.09. The van der Waals surface area contributed by atoms with Crippen LogP contribution < -0.4 is 5.32 Å². The van der Waals surface area contributed by atoms with Crippen LogP contribution in [0.4, 0.5) is 5.69 Å². The summed E-state index contributed by atoms with van der Waals surface area (Å²) in [6.07, 6.45) is 6.27. The molecule has 13 heavy (non-hydrogen) atoms. The highest BCUT2D eigenvalue weighted by atomic mass is 15.3. The van der Waals surface area contributed by atoms with Crippen LogP contribution in [0.2, 0.25) is 0 Å². The minimum Gasteiger partial charge on any atom is -0.380 e. The van der Waals surface area contributed by atoms with Crippen LogP contribution in [0.15, 0.2) is 12.4 Å². The van der Waals surface area contributed by atoms with Crippen molar-refractivity contribution in [2.45, 2.75) is 46.2 Å². The minimum atomic E-state index is 0.578. The highest BCUT2D eigenvalue weighted by Gasteiger charge is 2.03. The molecule has 1 heterocycles. The zero-order valence-electron chi connectivity index (χ0n) is 8.75. The second-order valence-electron chi connectivity index (χ2n) is 3.24. The molecule has 0 bridgehead atoms. The van der Waals surface area contributed by atoms with Crippen molar-refractivity contribution in [2.24, 2.45) is 0 Å². The number of aryl methyl sites for hydroxylation is 1. The first-order chi connectivity index (χ1) is 6.30. The summed E-state index contributed by atoms with van der Waals surface area (Å²) in [4.78, 5) is 0. The lowest BCUT2D eigenvalue weighted by molar-refractivity contribution is 0.657. The van der Waals surface area contributed by atoms with Gasteiger partial charge in [-0.05, 0) is 19.8 Å². The maximum Gasteiger partial charge on any atom is 0.0728 e. The van der Waals surface area contributed by atoms with Crippen molar-refractivity contribution in [3.05, 3.63) is 12.4 Å². The van der Waals surface area contributed by atoms with Gasteiger partial charge >= 0.3 is 0 Å². The summed E-state index contributed by atoms with van der Waals surface area (Å²) in [5.74, 6) is 0. The third-order valence-electron chi connectivity index (χ3n) is 2.31. The maximum atomic E-state index is 4.21. The molecule has 3 nitrogen and oxygen atoms in total. The molecule has 0 radical (unpaired) electrons. The summed E-state index contributed by atoms with van der Waals surface area (Å²) in [5.41, 5.74) is 1.13. The van der Waals surface area contributed by atoms with Crippen LogP contribution in [-0.4, -0.2) is 15.8 Å². The van der Waals surface area contributed by atoms with E-state index in [0.29, 0.717) is 6.04 Å². The van der Waals surface area contributed by atoms with Gasteiger partial charge in [0.1, 0.15) is 0 Å². The Morgan fingerprint density at radius 2 is 2.08 bits per heavy atom. The van der Waals surface area contributed by atoms with Crippen LogP contribution in [0.5, 0.6) is 0 Å². The van der Waals surface area contributed by atoms with Crippen LogP contribution in [0, 0.1) is 0 Å². The molecule has 0 saturated carbocycles. The molecule has 0 spiro atoms. The molecule has 1 aromatic heterocycles. The molecule has 0 fully saturated rings. The quantitative estimate of drug-likeness (QED) is 0.756. The normalized spacial score (nSPS) is 10.8. The highest BCUT2D eigenvalue weighted by molar-refractivity contribution is 5.39. The third kappa shape index (κ3) is 2.76. The topological polar surface area (TPSA) is 29.9 Å². The molecule has 0 unspecified atom stereocenters. The van der Waals surface area contributed by atoms with Gasteiger partial charge < -0.3 is 5.32 Å². The Labute approximate surface area is 80.1 Å². The first kappa shape index (κ1) is 10.1. The average Bonchev–Trinajstić information content (AvgIpc) is 2.61. The van der Waals surface area contributed by atoms with Crippen molar-refractivity contribution in [1.29, 1.82) is 0 Å². The van der Waals surface area contributed by atoms with Crippen LogP contribution in [0.25, 0.3) is 0 Å². The number of aromatic nitrogens is 2. The average molecular weight is 181 g/mol. The molecule has 0 aliphatic rings. The fourth-order valence-corrected chi connectivity index (χ4v) is 1.34. The van der Waals surface area contributed by atoms with Crippen molar-refractivity contribution >= 4 is 5.69 Å². The largest absolute Gasteiger partial charge is 0.380 e. The molecule has 0 aliphatic heterocycles. The number of rotatable bonds is 5.